The van der Waals surface area contributed by atoms with Gasteiger partial charge in [0.05, 0.1) is 0 Å². The Kier molecular flexibility index (Phi) is 5.48. The molecule has 0 aromatic carbocycles. The molecule has 0 spiro atoms. The number of nitrogens with one attached hydrogen (secondary N) is 1. The molecule has 1 saturated carbocycles. The summed E-state index contributed by atoms with van der Waals surface area (Å²) in [4.78, 5) is 14.9. The topological polar surface area (TPSA) is 32.3 Å². The fourth-order valence-electron chi connectivity index (χ4n) is 3.40. The SMILES string of the molecule is CCCN(C(=O)C1CCCCC1)C1CCCNC1. The van der Waals surface area contributed by atoms with E-state index in [0.717, 1.165) is 38.9 Å². The Hall–Kier alpha value is -0.570. The highest BCUT2D eigenvalue weighted by Gasteiger charge is 2.30. The molecule has 1 N–H and O–H groups in total. The molecule has 0 aromatic heterocycles. The minimum absolute atomic E-state index is 0.326. The van der Waals surface area contributed by atoms with E-state index in [0.29, 0.717) is 17.9 Å². The zero-order valence-corrected chi connectivity index (χ0v) is 11.8. The number of carbonyl (C=O) groups is 1. The second-order valence-corrected chi connectivity index (χ2v) is 5.87. The number of rotatable bonds is 4. The Morgan fingerprint density at radius 2 is 1.94 bits per heavy atom. The average Bonchev–Trinajstić information content (AvgIpc) is 2.46. The van der Waals surface area contributed by atoms with Gasteiger partial charge >= 0.3 is 0 Å². The fourth-order valence-corrected chi connectivity index (χ4v) is 3.40. The molecule has 1 unspecified atom stereocenters. The molecular weight excluding hydrogens is 224 g/mol. The van der Waals surface area contributed by atoms with Crippen molar-refractivity contribution in [3.05, 3.63) is 0 Å². The molecular formula is C15H28N2O. The summed E-state index contributed by atoms with van der Waals surface area (Å²) in [6, 6.07) is 0.452. The second-order valence-electron chi connectivity index (χ2n) is 5.87. The van der Waals surface area contributed by atoms with E-state index in [4.69, 9.17) is 0 Å². The first-order valence-electron chi connectivity index (χ1n) is 7.84. The van der Waals surface area contributed by atoms with Crippen molar-refractivity contribution in [1.82, 2.24) is 10.2 Å². The smallest absolute Gasteiger partial charge is 0.225 e. The van der Waals surface area contributed by atoms with Crippen molar-refractivity contribution in [2.45, 2.75) is 64.3 Å². The molecule has 3 nitrogen and oxygen atoms in total. The van der Waals surface area contributed by atoms with Gasteiger partial charge in [-0.1, -0.05) is 26.2 Å². The molecule has 2 aliphatic rings. The Morgan fingerprint density at radius 1 is 1.17 bits per heavy atom. The summed E-state index contributed by atoms with van der Waals surface area (Å²) >= 11 is 0. The monoisotopic (exact) mass is 252 g/mol. The third-order valence-corrected chi connectivity index (χ3v) is 4.41. The molecule has 3 heteroatoms. The normalized spacial score (nSPS) is 25.9. The van der Waals surface area contributed by atoms with Crippen LogP contribution in [0.25, 0.3) is 0 Å². The van der Waals surface area contributed by atoms with Crippen LogP contribution in [0.1, 0.15) is 58.3 Å². The van der Waals surface area contributed by atoms with Crippen LogP contribution in [-0.4, -0.2) is 36.5 Å². The molecule has 1 heterocycles. The standard InChI is InChI=1S/C15H28N2O/c1-2-11-17(14-9-6-10-16-12-14)15(18)13-7-4-3-5-8-13/h13-14,16H,2-12H2,1H3. The van der Waals surface area contributed by atoms with Gasteiger partial charge in [0.15, 0.2) is 0 Å². The highest BCUT2D eigenvalue weighted by atomic mass is 16.2. The molecule has 1 aliphatic heterocycles. The molecule has 2 fully saturated rings. The lowest BCUT2D eigenvalue weighted by atomic mass is 9.87. The summed E-state index contributed by atoms with van der Waals surface area (Å²) in [5, 5.41) is 3.44. The van der Waals surface area contributed by atoms with E-state index in [9.17, 15) is 4.79 Å². The molecule has 18 heavy (non-hydrogen) atoms. The summed E-state index contributed by atoms with van der Waals surface area (Å²) in [7, 11) is 0. The van der Waals surface area contributed by atoms with E-state index in [1.165, 1.54) is 32.1 Å². The van der Waals surface area contributed by atoms with E-state index in [1.807, 2.05) is 0 Å². The van der Waals surface area contributed by atoms with Gasteiger partial charge in [0.2, 0.25) is 5.91 Å². The molecule has 0 bridgehead atoms. The highest BCUT2D eigenvalue weighted by molar-refractivity contribution is 5.79. The molecule has 1 atom stereocenters. The maximum absolute atomic E-state index is 12.7. The Morgan fingerprint density at radius 3 is 2.56 bits per heavy atom. The van der Waals surface area contributed by atoms with Gasteiger partial charge in [0, 0.05) is 25.0 Å². The van der Waals surface area contributed by atoms with Gasteiger partial charge < -0.3 is 10.2 Å². The van der Waals surface area contributed by atoms with Crippen molar-refractivity contribution in [1.29, 1.82) is 0 Å². The van der Waals surface area contributed by atoms with Crippen molar-refractivity contribution in [3.63, 3.8) is 0 Å². The summed E-state index contributed by atoms with van der Waals surface area (Å²) in [6.07, 6.45) is 9.54. The third-order valence-electron chi connectivity index (χ3n) is 4.41. The maximum atomic E-state index is 12.7. The molecule has 1 saturated heterocycles. The lowest BCUT2D eigenvalue weighted by molar-refractivity contribution is -0.139. The van der Waals surface area contributed by atoms with Crippen molar-refractivity contribution in [3.8, 4) is 0 Å². The zero-order chi connectivity index (χ0) is 12.8. The minimum Gasteiger partial charge on any atom is -0.338 e. The average molecular weight is 252 g/mol. The van der Waals surface area contributed by atoms with E-state index in [-0.39, 0.29) is 0 Å². The van der Waals surface area contributed by atoms with Gasteiger partial charge in [-0.25, -0.2) is 0 Å². The minimum atomic E-state index is 0.326. The summed E-state index contributed by atoms with van der Waals surface area (Å²) in [5.41, 5.74) is 0. The maximum Gasteiger partial charge on any atom is 0.225 e. The first-order chi connectivity index (χ1) is 8.83. The van der Waals surface area contributed by atoms with Crippen LogP contribution in [0.3, 0.4) is 0 Å². The Labute approximate surface area is 111 Å². The lowest BCUT2D eigenvalue weighted by Crippen LogP contribution is -2.51. The number of hydrogen-bond donors (Lipinski definition) is 1. The number of hydrogen-bond acceptors (Lipinski definition) is 2. The molecule has 0 aromatic rings. The van der Waals surface area contributed by atoms with E-state index < -0.39 is 0 Å². The van der Waals surface area contributed by atoms with Gasteiger partial charge in [-0.3, -0.25) is 4.79 Å². The predicted molar refractivity (Wildman–Crippen MR) is 74.5 cm³/mol. The van der Waals surface area contributed by atoms with E-state index in [1.54, 1.807) is 0 Å². The van der Waals surface area contributed by atoms with Crippen LogP contribution in [0, 0.1) is 5.92 Å². The molecule has 2 rings (SSSR count). The summed E-state index contributed by atoms with van der Waals surface area (Å²) in [6.45, 7) is 5.24. The van der Waals surface area contributed by atoms with E-state index in [2.05, 4.69) is 17.1 Å². The molecule has 104 valence electrons. The second kappa shape index (κ2) is 7.13. The number of carbonyl (C=O) groups excluding carboxylic acids is 1. The van der Waals surface area contributed by atoms with Crippen molar-refractivity contribution >= 4 is 5.91 Å². The first-order valence-corrected chi connectivity index (χ1v) is 7.84. The lowest BCUT2D eigenvalue weighted by Gasteiger charge is -2.37. The van der Waals surface area contributed by atoms with Crippen LogP contribution in [0.5, 0.6) is 0 Å². The molecule has 0 radical (unpaired) electrons. The highest BCUT2D eigenvalue weighted by Crippen LogP contribution is 2.27. The van der Waals surface area contributed by atoms with Crippen molar-refractivity contribution < 1.29 is 4.79 Å². The van der Waals surface area contributed by atoms with Crippen LogP contribution in [0.4, 0.5) is 0 Å². The van der Waals surface area contributed by atoms with Crippen LogP contribution < -0.4 is 5.32 Å². The zero-order valence-electron chi connectivity index (χ0n) is 11.8. The number of nitrogens with zero attached hydrogens (tertiary/aromatic N) is 1. The number of amides is 1. The van der Waals surface area contributed by atoms with Crippen LogP contribution in [0.15, 0.2) is 0 Å². The fraction of sp³-hybridized carbons (Fsp3) is 0.933. The van der Waals surface area contributed by atoms with Gasteiger partial charge in [-0.05, 0) is 38.6 Å². The van der Waals surface area contributed by atoms with Crippen LogP contribution in [0.2, 0.25) is 0 Å². The van der Waals surface area contributed by atoms with Gasteiger partial charge in [0.25, 0.3) is 0 Å². The molecule has 1 aliphatic carbocycles. The Bertz CT molecular complexity index is 255. The largest absolute Gasteiger partial charge is 0.338 e. The van der Waals surface area contributed by atoms with E-state index >= 15 is 0 Å². The Balaban J connectivity index is 1.96. The van der Waals surface area contributed by atoms with Crippen molar-refractivity contribution in [2.75, 3.05) is 19.6 Å². The molecule has 1 amide bonds. The van der Waals surface area contributed by atoms with Gasteiger partial charge in [0.1, 0.15) is 0 Å². The van der Waals surface area contributed by atoms with Crippen LogP contribution >= 0.6 is 0 Å². The first kappa shape index (κ1) is 13.9. The third kappa shape index (κ3) is 3.47. The van der Waals surface area contributed by atoms with Crippen LogP contribution in [-0.2, 0) is 4.79 Å². The van der Waals surface area contributed by atoms with Gasteiger partial charge in [-0.15, -0.1) is 0 Å². The summed E-state index contributed by atoms with van der Waals surface area (Å²) in [5.74, 6) is 0.775. The number of piperidine rings is 1. The van der Waals surface area contributed by atoms with Crippen molar-refractivity contribution in [2.24, 2.45) is 5.92 Å². The quantitative estimate of drug-likeness (QED) is 0.834. The predicted octanol–water partition coefficient (Wildman–Crippen LogP) is 2.56. The van der Waals surface area contributed by atoms with Gasteiger partial charge in [-0.2, -0.15) is 0 Å². The summed E-state index contributed by atoms with van der Waals surface area (Å²) < 4.78 is 0.